The van der Waals surface area contributed by atoms with E-state index in [1.54, 1.807) is 7.11 Å². The highest BCUT2D eigenvalue weighted by Crippen LogP contribution is 2.47. The van der Waals surface area contributed by atoms with E-state index < -0.39 is 0 Å². The van der Waals surface area contributed by atoms with Crippen molar-refractivity contribution in [2.45, 2.75) is 77.1 Å². The second-order valence-corrected chi connectivity index (χ2v) is 8.24. The molecule has 25 heavy (non-hydrogen) atoms. The Balaban J connectivity index is 1.79. The summed E-state index contributed by atoms with van der Waals surface area (Å²) in [4.78, 5) is 12.4. The molecule has 0 unspecified atom stereocenters. The molecule has 0 aromatic carbocycles. The molecule has 3 aliphatic rings. The lowest BCUT2D eigenvalue weighted by Crippen LogP contribution is -2.27. The van der Waals surface area contributed by atoms with Gasteiger partial charge in [0.15, 0.2) is 0 Å². The summed E-state index contributed by atoms with van der Waals surface area (Å²) >= 11 is 0. The molecule has 1 aliphatic carbocycles. The largest absolute Gasteiger partial charge is 0.461 e. The van der Waals surface area contributed by atoms with Crippen LogP contribution in [0, 0.1) is 11.8 Å². The second-order valence-electron chi connectivity index (χ2n) is 8.24. The molecule has 5 atom stereocenters. The number of epoxide rings is 1. The Kier molecular flexibility index (Phi) is 5.69. The summed E-state index contributed by atoms with van der Waals surface area (Å²) in [5.41, 5.74) is 2.72. The van der Waals surface area contributed by atoms with E-state index in [4.69, 9.17) is 14.2 Å². The van der Waals surface area contributed by atoms with Gasteiger partial charge in [0.1, 0.15) is 6.10 Å². The Morgan fingerprint density at radius 1 is 1.24 bits per heavy atom. The molecule has 140 valence electrons. The van der Waals surface area contributed by atoms with Gasteiger partial charge in [0.05, 0.1) is 24.2 Å². The number of esters is 1. The molecule has 0 aromatic rings. The quantitative estimate of drug-likeness (QED) is 0.426. The van der Waals surface area contributed by atoms with E-state index in [-0.39, 0.29) is 35.6 Å². The van der Waals surface area contributed by atoms with Crippen molar-refractivity contribution in [1.29, 1.82) is 0 Å². The summed E-state index contributed by atoms with van der Waals surface area (Å²) in [6.45, 7) is 7.01. The van der Waals surface area contributed by atoms with Crippen LogP contribution in [-0.4, -0.2) is 37.5 Å². The number of hydrogen-bond donors (Lipinski definition) is 0. The van der Waals surface area contributed by atoms with Crippen molar-refractivity contribution >= 4 is 5.97 Å². The van der Waals surface area contributed by atoms with Gasteiger partial charge in [-0.05, 0) is 52.9 Å². The van der Waals surface area contributed by atoms with Crippen molar-refractivity contribution in [2.24, 2.45) is 11.8 Å². The predicted octanol–water partition coefficient (Wildman–Crippen LogP) is 4.19. The minimum atomic E-state index is -0.161. The highest BCUT2D eigenvalue weighted by Gasteiger charge is 2.55. The van der Waals surface area contributed by atoms with Crippen molar-refractivity contribution in [3.63, 3.8) is 0 Å². The van der Waals surface area contributed by atoms with E-state index in [9.17, 15) is 4.79 Å². The first-order chi connectivity index (χ1) is 11.9. The molecule has 3 rings (SSSR count). The zero-order chi connectivity index (χ0) is 18.0. The molecule has 2 aliphatic heterocycles. The third kappa shape index (κ3) is 4.35. The van der Waals surface area contributed by atoms with E-state index >= 15 is 0 Å². The lowest BCUT2D eigenvalue weighted by Gasteiger charge is -2.21. The average Bonchev–Trinajstić information content (AvgIpc) is 3.09. The van der Waals surface area contributed by atoms with Crippen molar-refractivity contribution < 1.29 is 19.0 Å². The maximum Gasteiger partial charge on any atom is 0.312 e. The molecular weight excluding hydrogens is 316 g/mol. The van der Waals surface area contributed by atoms with Gasteiger partial charge in [0.2, 0.25) is 0 Å². The van der Waals surface area contributed by atoms with E-state index in [1.807, 2.05) is 0 Å². The van der Waals surface area contributed by atoms with Crippen LogP contribution < -0.4 is 0 Å². The van der Waals surface area contributed by atoms with Gasteiger partial charge in [-0.15, -0.1) is 0 Å². The molecule has 4 heteroatoms. The Morgan fingerprint density at radius 3 is 2.76 bits per heavy atom. The molecule has 0 bridgehead atoms. The van der Waals surface area contributed by atoms with Gasteiger partial charge in [-0.3, -0.25) is 4.79 Å². The van der Waals surface area contributed by atoms with Crippen LogP contribution in [0.2, 0.25) is 0 Å². The maximum atomic E-state index is 12.4. The van der Waals surface area contributed by atoms with Crippen molar-refractivity contribution in [3.05, 3.63) is 23.3 Å². The molecule has 0 aromatic heterocycles. The highest BCUT2D eigenvalue weighted by atomic mass is 16.6. The predicted molar refractivity (Wildman–Crippen MR) is 97.2 cm³/mol. The molecule has 4 nitrogen and oxygen atoms in total. The fraction of sp³-hybridized carbons (Fsp3) is 0.762. The van der Waals surface area contributed by atoms with Gasteiger partial charge in [0.25, 0.3) is 0 Å². The molecular formula is C21H32O4. The third-order valence-corrected chi connectivity index (χ3v) is 6.12. The standard InChI is InChI=1S/C21H32O4/c1-14-7-5-8-15(2)11-18-16(17(13-23-4)20(22)24-18)12-19-21(3,25-19)10-6-9-14/h8-9,16-19H,5-7,10-13H2,1-4H3/b14-9+,15-8+/t16-,17+,18-,19+,21+/m0/s1. The number of carbonyl (C=O) groups excluding carboxylic acids is 1. The normalized spacial score (nSPS) is 43.6. The van der Waals surface area contributed by atoms with Gasteiger partial charge in [-0.2, -0.15) is 0 Å². The lowest BCUT2D eigenvalue weighted by atomic mass is 9.82. The minimum Gasteiger partial charge on any atom is -0.461 e. The van der Waals surface area contributed by atoms with Crippen LogP contribution in [0.3, 0.4) is 0 Å². The van der Waals surface area contributed by atoms with Crippen LogP contribution in [0.5, 0.6) is 0 Å². The summed E-state index contributed by atoms with van der Waals surface area (Å²) in [7, 11) is 1.65. The van der Waals surface area contributed by atoms with Crippen LogP contribution in [0.1, 0.15) is 59.3 Å². The first-order valence-electron chi connectivity index (χ1n) is 9.61. The van der Waals surface area contributed by atoms with E-state index in [0.717, 1.165) is 38.5 Å². The minimum absolute atomic E-state index is 0.0421. The summed E-state index contributed by atoms with van der Waals surface area (Å²) in [6.07, 6.45) is 10.8. The van der Waals surface area contributed by atoms with Crippen LogP contribution in [0.4, 0.5) is 0 Å². The monoisotopic (exact) mass is 348 g/mol. The molecule has 2 fully saturated rings. The van der Waals surface area contributed by atoms with Gasteiger partial charge in [-0.1, -0.05) is 23.3 Å². The molecule has 0 amide bonds. The molecule has 0 saturated carbocycles. The van der Waals surface area contributed by atoms with Crippen molar-refractivity contribution in [3.8, 4) is 0 Å². The SMILES string of the molecule is COC[C@H]1C(=O)O[C@H]2C/C(C)=C/CC/C(C)=C/CC[C@@]3(C)O[C@@H]3C[C@H]21. The van der Waals surface area contributed by atoms with Crippen LogP contribution in [-0.2, 0) is 19.0 Å². The van der Waals surface area contributed by atoms with E-state index in [0.29, 0.717) is 6.61 Å². The summed E-state index contributed by atoms with van der Waals surface area (Å²) < 4.78 is 17.1. The number of methoxy groups -OCH3 is 1. The number of carbonyl (C=O) groups is 1. The fourth-order valence-electron chi connectivity index (χ4n) is 4.35. The van der Waals surface area contributed by atoms with Crippen molar-refractivity contribution in [1.82, 2.24) is 0 Å². The topological polar surface area (TPSA) is 48.1 Å². The fourth-order valence-corrected chi connectivity index (χ4v) is 4.35. The molecule has 0 spiro atoms. The molecule has 2 saturated heterocycles. The van der Waals surface area contributed by atoms with Crippen molar-refractivity contribution in [2.75, 3.05) is 13.7 Å². The Morgan fingerprint density at radius 2 is 2.00 bits per heavy atom. The number of allylic oxidation sites excluding steroid dienone is 3. The molecule has 0 radical (unpaired) electrons. The van der Waals surface area contributed by atoms with Gasteiger partial charge >= 0.3 is 5.97 Å². The second kappa shape index (κ2) is 7.63. The van der Waals surface area contributed by atoms with E-state index in [1.165, 1.54) is 11.1 Å². The Bertz CT molecular complexity index is 564. The van der Waals surface area contributed by atoms with Gasteiger partial charge < -0.3 is 14.2 Å². The summed E-state index contributed by atoms with van der Waals surface area (Å²) in [6, 6.07) is 0. The zero-order valence-electron chi connectivity index (χ0n) is 16.0. The third-order valence-electron chi connectivity index (χ3n) is 6.12. The number of ether oxygens (including phenoxy) is 3. The number of hydrogen-bond acceptors (Lipinski definition) is 4. The van der Waals surface area contributed by atoms with Crippen LogP contribution in [0.15, 0.2) is 23.3 Å². The van der Waals surface area contributed by atoms with Gasteiger partial charge in [-0.25, -0.2) is 0 Å². The Hall–Kier alpha value is -1.13. The smallest absolute Gasteiger partial charge is 0.312 e. The first-order valence-corrected chi connectivity index (χ1v) is 9.61. The molecule has 2 heterocycles. The first kappa shape index (κ1) is 18.7. The summed E-state index contributed by atoms with van der Waals surface area (Å²) in [5.74, 6) is -0.0806. The van der Waals surface area contributed by atoms with Crippen LogP contribution in [0.25, 0.3) is 0 Å². The van der Waals surface area contributed by atoms with Crippen LogP contribution >= 0.6 is 0 Å². The Labute approximate surface area is 151 Å². The average molecular weight is 348 g/mol. The maximum absolute atomic E-state index is 12.4. The lowest BCUT2D eigenvalue weighted by molar-refractivity contribution is -0.145. The summed E-state index contributed by atoms with van der Waals surface area (Å²) in [5, 5.41) is 0. The van der Waals surface area contributed by atoms with Gasteiger partial charge in [0, 0.05) is 19.4 Å². The van der Waals surface area contributed by atoms with E-state index in [2.05, 4.69) is 32.9 Å². The highest BCUT2D eigenvalue weighted by molar-refractivity contribution is 5.75. The molecule has 0 N–H and O–H groups in total. The zero-order valence-corrected chi connectivity index (χ0v) is 16.0. The number of fused-ring (bicyclic) bond motifs is 2. The number of rotatable bonds is 2.